The molecular weight excluding hydrogens is 323 g/mol. The first-order valence-electron chi connectivity index (χ1n) is 8.71. The predicted molar refractivity (Wildman–Crippen MR) is 92.3 cm³/mol. The number of carbonyl (C=O) groups excluding carboxylic acids is 1. The standard InChI is InChI=1S/C19H23FN2O3/c20-15-5-1-13(2-6-15)14-3-7-16(8-4-14)22-17(23)19(18(24)25)9-11-21-12-10-19/h1-3,5-6,16,21H,4,7-12H2,(H,22,23)(H,24,25). The maximum absolute atomic E-state index is 13.0. The van der Waals surface area contributed by atoms with Gasteiger partial charge in [-0.3, -0.25) is 9.59 Å². The number of benzene rings is 1. The molecule has 1 atom stereocenters. The average Bonchev–Trinajstić information content (AvgIpc) is 2.63. The van der Waals surface area contributed by atoms with Gasteiger partial charge < -0.3 is 15.7 Å². The van der Waals surface area contributed by atoms with Crippen molar-refractivity contribution in [2.75, 3.05) is 13.1 Å². The molecule has 0 spiro atoms. The number of allylic oxidation sites excluding steroid dienone is 1. The van der Waals surface area contributed by atoms with E-state index >= 15 is 0 Å². The highest BCUT2D eigenvalue weighted by Crippen LogP contribution is 2.31. The molecule has 134 valence electrons. The van der Waals surface area contributed by atoms with Crippen LogP contribution in [0.4, 0.5) is 4.39 Å². The Balaban J connectivity index is 1.63. The van der Waals surface area contributed by atoms with E-state index in [-0.39, 0.29) is 17.8 Å². The zero-order chi connectivity index (χ0) is 17.9. The van der Waals surface area contributed by atoms with Crippen LogP contribution in [0.25, 0.3) is 5.57 Å². The minimum atomic E-state index is -1.31. The Morgan fingerprint density at radius 3 is 2.44 bits per heavy atom. The topological polar surface area (TPSA) is 78.4 Å². The summed E-state index contributed by atoms with van der Waals surface area (Å²) >= 11 is 0. The Hall–Kier alpha value is -2.21. The smallest absolute Gasteiger partial charge is 0.319 e. The Morgan fingerprint density at radius 2 is 1.88 bits per heavy atom. The van der Waals surface area contributed by atoms with E-state index < -0.39 is 11.4 Å². The SMILES string of the molecule is O=C(O)C1(C(=O)NC2CC=C(c3ccc(F)cc3)CC2)CCNCC1. The van der Waals surface area contributed by atoms with Gasteiger partial charge in [-0.25, -0.2) is 4.39 Å². The normalized spacial score (nSPS) is 22.8. The second-order valence-corrected chi connectivity index (χ2v) is 6.82. The molecule has 1 fully saturated rings. The molecule has 1 aliphatic heterocycles. The quantitative estimate of drug-likeness (QED) is 0.731. The van der Waals surface area contributed by atoms with Crippen molar-refractivity contribution in [3.8, 4) is 0 Å². The van der Waals surface area contributed by atoms with Gasteiger partial charge in [-0.05, 0) is 68.5 Å². The number of hydrogen-bond acceptors (Lipinski definition) is 3. The third-order valence-corrected chi connectivity index (χ3v) is 5.26. The summed E-state index contributed by atoms with van der Waals surface area (Å²) in [5.74, 6) is -1.67. The van der Waals surface area contributed by atoms with Gasteiger partial charge in [0.25, 0.3) is 0 Å². The number of rotatable bonds is 4. The Bertz CT molecular complexity index is 678. The molecule has 1 heterocycles. The van der Waals surface area contributed by atoms with Crippen LogP contribution >= 0.6 is 0 Å². The van der Waals surface area contributed by atoms with Crippen molar-refractivity contribution in [1.29, 1.82) is 0 Å². The van der Waals surface area contributed by atoms with Crippen LogP contribution in [0.2, 0.25) is 0 Å². The van der Waals surface area contributed by atoms with Gasteiger partial charge >= 0.3 is 5.97 Å². The number of aliphatic carboxylic acids is 1. The average molecular weight is 346 g/mol. The fourth-order valence-corrected chi connectivity index (χ4v) is 3.61. The van der Waals surface area contributed by atoms with Gasteiger partial charge in [-0.15, -0.1) is 0 Å². The molecule has 1 aliphatic carbocycles. The van der Waals surface area contributed by atoms with Crippen LogP contribution in [0.5, 0.6) is 0 Å². The fraction of sp³-hybridized carbons (Fsp3) is 0.474. The van der Waals surface area contributed by atoms with Crippen LogP contribution in [0.15, 0.2) is 30.3 Å². The lowest BCUT2D eigenvalue weighted by molar-refractivity contribution is -0.158. The van der Waals surface area contributed by atoms with E-state index in [0.717, 1.165) is 24.0 Å². The van der Waals surface area contributed by atoms with Gasteiger partial charge in [0, 0.05) is 6.04 Å². The zero-order valence-electron chi connectivity index (χ0n) is 14.1. The van der Waals surface area contributed by atoms with Gasteiger partial charge in [0.15, 0.2) is 0 Å². The third kappa shape index (κ3) is 3.74. The van der Waals surface area contributed by atoms with Crippen molar-refractivity contribution in [3.05, 3.63) is 41.7 Å². The molecule has 5 nitrogen and oxygen atoms in total. The van der Waals surface area contributed by atoms with Crippen molar-refractivity contribution in [2.45, 2.75) is 38.1 Å². The maximum atomic E-state index is 13.0. The van der Waals surface area contributed by atoms with Gasteiger partial charge in [0.2, 0.25) is 5.91 Å². The van der Waals surface area contributed by atoms with Crippen molar-refractivity contribution < 1.29 is 19.1 Å². The molecule has 0 radical (unpaired) electrons. The van der Waals surface area contributed by atoms with Gasteiger partial charge in [-0.1, -0.05) is 18.2 Å². The molecule has 3 rings (SSSR count). The Morgan fingerprint density at radius 1 is 1.20 bits per heavy atom. The van der Waals surface area contributed by atoms with Crippen LogP contribution in [0.1, 0.15) is 37.7 Å². The van der Waals surface area contributed by atoms with E-state index in [1.807, 2.05) is 0 Å². The third-order valence-electron chi connectivity index (χ3n) is 5.26. The number of piperidine rings is 1. The van der Waals surface area contributed by atoms with Crippen molar-refractivity contribution in [1.82, 2.24) is 10.6 Å². The van der Waals surface area contributed by atoms with Crippen LogP contribution in [0, 0.1) is 11.2 Å². The minimum absolute atomic E-state index is 0.0530. The first-order valence-corrected chi connectivity index (χ1v) is 8.71. The number of carboxylic acid groups (broad SMARTS) is 1. The number of hydrogen-bond donors (Lipinski definition) is 3. The van der Waals surface area contributed by atoms with Gasteiger partial charge in [-0.2, -0.15) is 0 Å². The molecule has 25 heavy (non-hydrogen) atoms. The number of nitrogens with one attached hydrogen (secondary N) is 2. The van der Waals surface area contributed by atoms with Crippen LogP contribution < -0.4 is 10.6 Å². The molecule has 0 saturated carbocycles. The molecule has 1 saturated heterocycles. The van der Waals surface area contributed by atoms with E-state index in [2.05, 4.69) is 16.7 Å². The van der Waals surface area contributed by atoms with Crippen LogP contribution in [-0.2, 0) is 9.59 Å². The van der Waals surface area contributed by atoms with Crippen molar-refractivity contribution in [2.24, 2.45) is 5.41 Å². The number of carboxylic acids is 1. The first kappa shape index (κ1) is 17.6. The summed E-state index contributed by atoms with van der Waals surface area (Å²) in [6, 6.07) is 6.35. The maximum Gasteiger partial charge on any atom is 0.319 e. The molecule has 0 aromatic heterocycles. The molecule has 1 aromatic carbocycles. The van der Waals surface area contributed by atoms with Crippen molar-refractivity contribution >= 4 is 17.4 Å². The lowest BCUT2D eigenvalue weighted by Crippen LogP contribution is -2.54. The van der Waals surface area contributed by atoms with Crippen molar-refractivity contribution in [3.63, 3.8) is 0 Å². The zero-order valence-corrected chi connectivity index (χ0v) is 14.1. The summed E-state index contributed by atoms with van der Waals surface area (Å²) in [6.07, 6.45) is 4.88. The summed E-state index contributed by atoms with van der Waals surface area (Å²) in [6.45, 7) is 1.08. The van der Waals surface area contributed by atoms with Gasteiger partial charge in [0.05, 0.1) is 0 Å². The number of carbonyl (C=O) groups is 2. The number of amides is 1. The van der Waals surface area contributed by atoms with E-state index in [0.29, 0.717) is 32.4 Å². The molecule has 6 heteroatoms. The predicted octanol–water partition coefficient (Wildman–Crippen LogP) is 2.33. The highest BCUT2D eigenvalue weighted by atomic mass is 19.1. The van der Waals surface area contributed by atoms with Crippen LogP contribution in [-0.4, -0.2) is 36.1 Å². The van der Waals surface area contributed by atoms with E-state index in [1.54, 1.807) is 12.1 Å². The molecule has 1 amide bonds. The summed E-state index contributed by atoms with van der Waals surface area (Å²) in [4.78, 5) is 24.3. The molecule has 1 aromatic rings. The Kier molecular flexibility index (Phi) is 5.18. The second-order valence-electron chi connectivity index (χ2n) is 6.82. The van der Waals surface area contributed by atoms with E-state index in [1.165, 1.54) is 12.1 Å². The summed E-state index contributed by atoms with van der Waals surface area (Å²) < 4.78 is 13.0. The fourth-order valence-electron chi connectivity index (χ4n) is 3.61. The van der Waals surface area contributed by atoms with Crippen LogP contribution in [0.3, 0.4) is 0 Å². The minimum Gasteiger partial charge on any atom is -0.480 e. The largest absolute Gasteiger partial charge is 0.480 e. The monoisotopic (exact) mass is 346 g/mol. The van der Waals surface area contributed by atoms with E-state index in [9.17, 15) is 19.1 Å². The second kappa shape index (κ2) is 7.35. The van der Waals surface area contributed by atoms with Gasteiger partial charge in [0.1, 0.15) is 11.2 Å². The summed E-state index contributed by atoms with van der Waals surface area (Å²) in [5.41, 5.74) is 0.818. The highest BCUT2D eigenvalue weighted by molar-refractivity contribution is 6.02. The molecule has 1 unspecified atom stereocenters. The molecular formula is C19H23FN2O3. The summed E-state index contributed by atoms with van der Waals surface area (Å²) in [7, 11) is 0. The molecule has 2 aliphatic rings. The number of halogens is 1. The van der Waals surface area contributed by atoms with E-state index in [4.69, 9.17) is 0 Å². The lowest BCUT2D eigenvalue weighted by Gasteiger charge is -2.34. The molecule has 3 N–H and O–H groups in total. The highest BCUT2D eigenvalue weighted by Gasteiger charge is 2.47. The molecule has 0 bridgehead atoms. The summed E-state index contributed by atoms with van der Waals surface area (Å²) in [5, 5.41) is 15.6. The first-order chi connectivity index (χ1) is 12.0. The Labute approximate surface area is 146 Å². The lowest BCUT2D eigenvalue weighted by atomic mass is 9.77.